The molecule has 0 fully saturated rings. The first-order chi connectivity index (χ1) is 8.70. The minimum absolute atomic E-state index is 0.562. The number of rotatable bonds is 5. The first-order valence-corrected chi connectivity index (χ1v) is 5.71. The van der Waals surface area contributed by atoms with Crippen molar-refractivity contribution >= 4 is 11.4 Å². The third kappa shape index (κ3) is 2.75. The average Bonchev–Trinajstić information content (AvgIpc) is 2.76. The summed E-state index contributed by atoms with van der Waals surface area (Å²) in [6.45, 7) is 3.76. The van der Waals surface area contributed by atoms with Gasteiger partial charge in [-0.2, -0.15) is 0 Å². The molecule has 1 aromatic carbocycles. The quantitative estimate of drug-likeness (QED) is 0.591. The first-order valence-electron chi connectivity index (χ1n) is 5.71. The molecule has 2 rings (SSSR count). The van der Waals surface area contributed by atoms with Crippen molar-refractivity contribution in [1.29, 1.82) is 0 Å². The van der Waals surface area contributed by atoms with Crippen LogP contribution in [-0.2, 0) is 11.3 Å². The maximum atomic E-state index is 5.75. The van der Waals surface area contributed by atoms with Crippen LogP contribution in [0.2, 0.25) is 0 Å². The lowest BCUT2D eigenvalue weighted by Gasteiger charge is -2.06. The van der Waals surface area contributed by atoms with Crippen LogP contribution in [0.3, 0.4) is 0 Å². The number of nitrogen functional groups attached to an aromatic ring is 2. The molecule has 7 nitrogen and oxygen atoms in total. The van der Waals surface area contributed by atoms with Crippen molar-refractivity contribution in [3.05, 3.63) is 18.2 Å². The van der Waals surface area contributed by atoms with Crippen LogP contribution in [0, 0.1) is 0 Å². The Morgan fingerprint density at radius 1 is 1.22 bits per heavy atom. The van der Waals surface area contributed by atoms with Crippen molar-refractivity contribution in [3.8, 4) is 11.4 Å². The summed E-state index contributed by atoms with van der Waals surface area (Å²) in [5.74, 6) is 0.633. The van der Waals surface area contributed by atoms with E-state index in [1.165, 1.54) is 0 Å². The Morgan fingerprint density at radius 2 is 1.94 bits per heavy atom. The van der Waals surface area contributed by atoms with E-state index in [-0.39, 0.29) is 0 Å². The number of aromatic nitrogens is 4. The van der Waals surface area contributed by atoms with Crippen LogP contribution in [0.1, 0.15) is 6.92 Å². The Morgan fingerprint density at radius 3 is 2.61 bits per heavy atom. The Bertz CT molecular complexity index is 504. The third-order valence-corrected chi connectivity index (χ3v) is 2.42. The average molecular weight is 248 g/mol. The molecule has 0 aliphatic carbocycles. The molecule has 0 spiro atoms. The highest BCUT2D eigenvalue weighted by atomic mass is 16.5. The van der Waals surface area contributed by atoms with E-state index in [0.717, 1.165) is 5.56 Å². The minimum Gasteiger partial charge on any atom is -0.399 e. The predicted octanol–water partition coefficient (Wildman–Crippen LogP) is 0.541. The summed E-state index contributed by atoms with van der Waals surface area (Å²) in [7, 11) is 0. The van der Waals surface area contributed by atoms with Gasteiger partial charge < -0.3 is 16.2 Å². The van der Waals surface area contributed by atoms with Crippen molar-refractivity contribution < 1.29 is 4.74 Å². The smallest absolute Gasteiger partial charge is 0.182 e. The highest BCUT2D eigenvalue weighted by Gasteiger charge is 2.09. The number of hydrogen-bond donors (Lipinski definition) is 2. The SMILES string of the molecule is CCOCCn1nnnc1-c1cc(N)cc(N)c1. The molecule has 0 aliphatic heterocycles. The number of hydrogen-bond acceptors (Lipinski definition) is 6. The fourth-order valence-corrected chi connectivity index (χ4v) is 1.66. The van der Waals surface area contributed by atoms with Crippen LogP contribution in [0.25, 0.3) is 11.4 Å². The molecule has 0 unspecified atom stereocenters. The van der Waals surface area contributed by atoms with Crippen LogP contribution in [-0.4, -0.2) is 33.4 Å². The molecule has 2 aromatic rings. The highest BCUT2D eigenvalue weighted by molar-refractivity contribution is 5.67. The molecule has 0 atom stereocenters. The highest BCUT2D eigenvalue weighted by Crippen LogP contribution is 2.22. The number of nitrogens with two attached hydrogens (primary N) is 2. The number of nitrogens with zero attached hydrogens (tertiary/aromatic N) is 4. The molecule has 0 radical (unpaired) electrons. The zero-order valence-electron chi connectivity index (χ0n) is 10.2. The fourth-order valence-electron chi connectivity index (χ4n) is 1.66. The summed E-state index contributed by atoms with van der Waals surface area (Å²) in [5, 5.41) is 11.6. The fraction of sp³-hybridized carbons (Fsp3) is 0.364. The van der Waals surface area contributed by atoms with Gasteiger partial charge in [-0.05, 0) is 35.5 Å². The minimum atomic E-state index is 0.562. The van der Waals surface area contributed by atoms with Crippen molar-refractivity contribution in [2.75, 3.05) is 24.7 Å². The van der Waals surface area contributed by atoms with Crippen LogP contribution in [0.5, 0.6) is 0 Å². The summed E-state index contributed by atoms with van der Waals surface area (Å²) in [6.07, 6.45) is 0. The molecular formula is C11H16N6O. The maximum absolute atomic E-state index is 5.75. The number of tetrazole rings is 1. The zero-order chi connectivity index (χ0) is 13.0. The molecule has 1 aromatic heterocycles. The van der Waals surface area contributed by atoms with Crippen LogP contribution < -0.4 is 11.5 Å². The van der Waals surface area contributed by atoms with E-state index in [2.05, 4.69) is 15.5 Å². The number of ether oxygens (including phenoxy) is 1. The second kappa shape index (κ2) is 5.46. The van der Waals surface area contributed by atoms with E-state index in [4.69, 9.17) is 16.2 Å². The van der Waals surface area contributed by atoms with E-state index in [0.29, 0.717) is 37.0 Å². The molecule has 4 N–H and O–H groups in total. The number of anilines is 2. The monoisotopic (exact) mass is 248 g/mol. The maximum Gasteiger partial charge on any atom is 0.182 e. The predicted molar refractivity (Wildman–Crippen MR) is 68.6 cm³/mol. The van der Waals surface area contributed by atoms with Crippen molar-refractivity contribution in [2.24, 2.45) is 0 Å². The lowest BCUT2D eigenvalue weighted by Crippen LogP contribution is -2.09. The van der Waals surface area contributed by atoms with Crippen molar-refractivity contribution in [2.45, 2.75) is 13.5 Å². The van der Waals surface area contributed by atoms with Gasteiger partial charge in [0.1, 0.15) is 0 Å². The molecule has 96 valence electrons. The molecule has 0 amide bonds. The van der Waals surface area contributed by atoms with E-state index < -0.39 is 0 Å². The summed E-state index contributed by atoms with van der Waals surface area (Å²) in [5.41, 5.74) is 13.5. The van der Waals surface area contributed by atoms with Crippen LogP contribution in [0.15, 0.2) is 18.2 Å². The molecule has 7 heteroatoms. The van der Waals surface area contributed by atoms with Gasteiger partial charge in [-0.3, -0.25) is 0 Å². The van der Waals surface area contributed by atoms with Gasteiger partial charge in [-0.25, -0.2) is 4.68 Å². The van der Waals surface area contributed by atoms with Gasteiger partial charge in [0.25, 0.3) is 0 Å². The van der Waals surface area contributed by atoms with Gasteiger partial charge in [0.05, 0.1) is 13.2 Å². The van der Waals surface area contributed by atoms with E-state index in [1.54, 1.807) is 22.9 Å². The standard InChI is InChI=1S/C11H16N6O/c1-2-18-4-3-17-11(14-15-16-17)8-5-9(12)7-10(13)6-8/h5-7H,2-4,12-13H2,1H3. The zero-order valence-corrected chi connectivity index (χ0v) is 10.2. The van der Waals surface area contributed by atoms with Gasteiger partial charge >= 0.3 is 0 Å². The topological polar surface area (TPSA) is 105 Å². The lowest BCUT2D eigenvalue weighted by molar-refractivity contribution is 0.136. The molecular weight excluding hydrogens is 232 g/mol. The molecule has 18 heavy (non-hydrogen) atoms. The van der Waals surface area contributed by atoms with Crippen molar-refractivity contribution in [1.82, 2.24) is 20.2 Å². The molecule has 1 heterocycles. The summed E-state index contributed by atoms with van der Waals surface area (Å²) >= 11 is 0. The number of benzene rings is 1. The molecule has 0 saturated carbocycles. The van der Waals surface area contributed by atoms with Gasteiger partial charge in [-0.1, -0.05) is 0 Å². The van der Waals surface area contributed by atoms with Crippen molar-refractivity contribution in [3.63, 3.8) is 0 Å². The second-order valence-electron chi connectivity index (χ2n) is 3.81. The van der Waals surface area contributed by atoms with E-state index in [9.17, 15) is 0 Å². The van der Waals surface area contributed by atoms with Gasteiger partial charge in [-0.15, -0.1) is 5.10 Å². The van der Waals surface area contributed by atoms with Crippen LogP contribution in [0.4, 0.5) is 11.4 Å². The largest absolute Gasteiger partial charge is 0.399 e. The molecule has 0 aliphatic rings. The molecule has 0 saturated heterocycles. The normalized spacial score (nSPS) is 10.7. The Kier molecular flexibility index (Phi) is 3.73. The Labute approximate surface area is 105 Å². The van der Waals surface area contributed by atoms with Gasteiger partial charge in [0.2, 0.25) is 0 Å². The molecule has 0 bridgehead atoms. The van der Waals surface area contributed by atoms with E-state index >= 15 is 0 Å². The summed E-state index contributed by atoms with van der Waals surface area (Å²) in [4.78, 5) is 0. The summed E-state index contributed by atoms with van der Waals surface area (Å²) < 4.78 is 6.95. The Hall–Kier alpha value is -2.15. The van der Waals surface area contributed by atoms with Crippen LogP contribution >= 0.6 is 0 Å². The Balaban J connectivity index is 2.24. The third-order valence-electron chi connectivity index (χ3n) is 2.42. The van der Waals surface area contributed by atoms with Gasteiger partial charge in [0.15, 0.2) is 5.82 Å². The van der Waals surface area contributed by atoms with Gasteiger partial charge in [0, 0.05) is 23.5 Å². The first kappa shape index (κ1) is 12.3. The lowest BCUT2D eigenvalue weighted by atomic mass is 10.1. The second-order valence-corrected chi connectivity index (χ2v) is 3.81. The summed E-state index contributed by atoms with van der Waals surface area (Å²) in [6, 6.07) is 5.27. The van der Waals surface area contributed by atoms with E-state index in [1.807, 2.05) is 6.92 Å².